The highest BCUT2D eigenvalue weighted by molar-refractivity contribution is 6.32. The van der Waals surface area contributed by atoms with Gasteiger partial charge in [0.15, 0.2) is 0 Å². The van der Waals surface area contributed by atoms with Crippen molar-refractivity contribution in [1.29, 1.82) is 0 Å². The summed E-state index contributed by atoms with van der Waals surface area (Å²) in [6.45, 7) is 3.65. The summed E-state index contributed by atoms with van der Waals surface area (Å²) >= 11 is 6.08. The maximum Gasteiger partial charge on any atom is 0.219 e. The molecule has 94 valence electrons. The first kappa shape index (κ1) is 12.9. The molecule has 1 heterocycles. The van der Waals surface area contributed by atoms with Crippen LogP contribution >= 0.6 is 11.6 Å². The van der Waals surface area contributed by atoms with Gasteiger partial charge >= 0.3 is 0 Å². The molecule has 18 heavy (non-hydrogen) atoms. The Balaban J connectivity index is 2.25. The minimum Gasteiger partial charge on any atom is -0.437 e. The molecule has 1 atom stereocenters. The van der Waals surface area contributed by atoms with E-state index in [9.17, 15) is 5.11 Å². The number of nitrogens with zero attached hydrogens (tertiary/aromatic N) is 1. The molecule has 0 aliphatic heterocycles. The fraction of sp³-hybridized carbons (Fsp3) is 0.214. The number of aliphatic hydroxyl groups is 1. The Morgan fingerprint density at radius 3 is 2.72 bits per heavy atom. The Morgan fingerprint density at radius 1 is 1.28 bits per heavy atom. The van der Waals surface area contributed by atoms with Gasteiger partial charge in [0.2, 0.25) is 5.88 Å². The number of rotatable bonds is 3. The lowest BCUT2D eigenvalue weighted by atomic mass is 10.2. The highest BCUT2D eigenvalue weighted by atomic mass is 35.5. The van der Waals surface area contributed by atoms with Crippen LogP contribution in [0.15, 0.2) is 36.5 Å². The highest BCUT2D eigenvalue weighted by Crippen LogP contribution is 2.29. The van der Waals surface area contributed by atoms with Crippen LogP contribution in [0.2, 0.25) is 5.02 Å². The Kier molecular flexibility index (Phi) is 3.84. The summed E-state index contributed by atoms with van der Waals surface area (Å²) in [5.41, 5.74) is 1.82. The quantitative estimate of drug-likeness (QED) is 0.914. The number of hydrogen-bond donors (Lipinski definition) is 1. The van der Waals surface area contributed by atoms with Crippen LogP contribution in [0.3, 0.4) is 0 Å². The first-order valence-corrected chi connectivity index (χ1v) is 6.02. The van der Waals surface area contributed by atoms with Crippen molar-refractivity contribution in [3.05, 3.63) is 52.7 Å². The number of halogens is 1. The van der Waals surface area contributed by atoms with Crippen molar-refractivity contribution in [2.75, 3.05) is 0 Å². The van der Waals surface area contributed by atoms with Crippen LogP contribution in [0.4, 0.5) is 0 Å². The molecule has 0 spiro atoms. The minimum absolute atomic E-state index is 0.416. The molecule has 0 saturated carbocycles. The van der Waals surface area contributed by atoms with Crippen LogP contribution in [0.1, 0.15) is 24.2 Å². The van der Waals surface area contributed by atoms with E-state index in [1.54, 1.807) is 31.3 Å². The Hall–Kier alpha value is -1.58. The number of benzene rings is 1. The van der Waals surface area contributed by atoms with Gasteiger partial charge in [-0.15, -0.1) is 0 Å². The minimum atomic E-state index is -0.552. The first-order valence-electron chi connectivity index (χ1n) is 5.64. The van der Waals surface area contributed by atoms with Gasteiger partial charge in [0, 0.05) is 12.3 Å². The van der Waals surface area contributed by atoms with Crippen LogP contribution in [-0.2, 0) is 0 Å². The molecule has 0 bridgehead atoms. The standard InChI is InChI=1S/C14H14ClNO2/c1-9-3-4-13(12(15)7-9)18-14-8-11(10(2)17)5-6-16-14/h3-8,10,17H,1-2H3/t10-/m1/s1. The summed E-state index contributed by atoms with van der Waals surface area (Å²) in [6.07, 6.45) is 1.04. The van der Waals surface area contributed by atoms with Crippen LogP contribution in [0.5, 0.6) is 11.6 Å². The molecule has 0 aliphatic carbocycles. The van der Waals surface area contributed by atoms with Crippen LogP contribution in [0, 0.1) is 6.92 Å². The van der Waals surface area contributed by atoms with Gasteiger partial charge in [0.25, 0.3) is 0 Å². The van der Waals surface area contributed by atoms with Crippen molar-refractivity contribution < 1.29 is 9.84 Å². The first-order chi connectivity index (χ1) is 8.56. The summed E-state index contributed by atoms with van der Waals surface area (Å²) in [5.74, 6) is 0.969. The monoisotopic (exact) mass is 263 g/mol. The van der Waals surface area contributed by atoms with Gasteiger partial charge in [-0.2, -0.15) is 0 Å². The van der Waals surface area contributed by atoms with Gasteiger partial charge in [-0.1, -0.05) is 17.7 Å². The number of hydrogen-bond acceptors (Lipinski definition) is 3. The average Bonchev–Trinajstić information content (AvgIpc) is 2.33. The molecule has 0 amide bonds. The van der Waals surface area contributed by atoms with E-state index in [2.05, 4.69) is 4.98 Å². The van der Waals surface area contributed by atoms with E-state index in [1.165, 1.54) is 0 Å². The topological polar surface area (TPSA) is 42.4 Å². The molecule has 4 heteroatoms. The van der Waals surface area contributed by atoms with E-state index in [0.717, 1.165) is 11.1 Å². The van der Waals surface area contributed by atoms with E-state index in [4.69, 9.17) is 16.3 Å². The maximum absolute atomic E-state index is 9.50. The number of aromatic nitrogens is 1. The summed E-state index contributed by atoms with van der Waals surface area (Å²) in [5, 5.41) is 10.0. The van der Waals surface area contributed by atoms with E-state index in [-0.39, 0.29) is 0 Å². The lowest BCUT2D eigenvalue weighted by Crippen LogP contribution is -1.94. The van der Waals surface area contributed by atoms with E-state index in [1.807, 2.05) is 19.1 Å². The average molecular weight is 264 g/mol. The highest BCUT2D eigenvalue weighted by Gasteiger charge is 2.07. The predicted octanol–water partition coefficient (Wildman–Crippen LogP) is 3.89. The zero-order chi connectivity index (χ0) is 13.1. The third kappa shape index (κ3) is 3.00. The predicted molar refractivity (Wildman–Crippen MR) is 71.1 cm³/mol. The smallest absolute Gasteiger partial charge is 0.219 e. The molecular weight excluding hydrogens is 250 g/mol. The van der Waals surface area contributed by atoms with Gasteiger partial charge < -0.3 is 9.84 Å². The van der Waals surface area contributed by atoms with Crippen molar-refractivity contribution in [2.24, 2.45) is 0 Å². The SMILES string of the molecule is Cc1ccc(Oc2cc([C@@H](C)O)ccn2)c(Cl)c1. The largest absolute Gasteiger partial charge is 0.437 e. The second-order valence-electron chi connectivity index (χ2n) is 4.14. The Bertz CT molecular complexity index is 555. The van der Waals surface area contributed by atoms with Crippen molar-refractivity contribution >= 4 is 11.6 Å². The summed E-state index contributed by atoms with van der Waals surface area (Å²) in [7, 11) is 0. The zero-order valence-corrected chi connectivity index (χ0v) is 11.0. The van der Waals surface area contributed by atoms with E-state index >= 15 is 0 Å². The molecule has 2 rings (SSSR count). The molecule has 0 aliphatic rings. The zero-order valence-electron chi connectivity index (χ0n) is 10.2. The molecule has 3 nitrogen and oxygen atoms in total. The van der Waals surface area contributed by atoms with Gasteiger partial charge in [0.1, 0.15) is 5.75 Å². The lowest BCUT2D eigenvalue weighted by Gasteiger charge is -2.09. The van der Waals surface area contributed by atoms with Crippen molar-refractivity contribution in [3.63, 3.8) is 0 Å². The van der Waals surface area contributed by atoms with Crippen LogP contribution < -0.4 is 4.74 Å². The fourth-order valence-corrected chi connectivity index (χ4v) is 1.82. The van der Waals surface area contributed by atoms with Crippen molar-refractivity contribution in [1.82, 2.24) is 4.98 Å². The summed E-state index contributed by atoms with van der Waals surface area (Å²) < 4.78 is 5.60. The lowest BCUT2D eigenvalue weighted by molar-refractivity contribution is 0.198. The molecular formula is C14H14ClNO2. The fourth-order valence-electron chi connectivity index (χ4n) is 1.54. The molecule has 1 aromatic heterocycles. The molecule has 0 radical (unpaired) electrons. The van der Waals surface area contributed by atoms with Gasteiger partial charge in [0.05, 0.1) is 11.1 Å². The van der Waals surface area contributed by atoms with Crippen LogP contribution in [-0.4, -0.2) is 10.1 Å². The number of aryl methyl sites for hydroxylation is 1. The number of aliphatic hydroxyl groups excluding tert-OH is 1. The molecule has 0 unspecified atom stereocenters. The number of pyridine rings is 1. The van der Waals surface area contributed by atoms with Gasteiger partial charge in [-0.3, -0.25) is 0 Å². The normalized spacial score (nSPS) is 12.2. The van der Waals surface area contributed by atoms with Crippen molar-refractivity contribution in [3.8, 4) is 11.6 Å². The van der Waals surface area contributed by atoms with Gasteiger partial charge in [-0.25, -0.2) is 4.98 Å². The molecule has 1 N–H and O–H groups in total. The second-order valence-corrected chi connectivity index (χ2v) is 4.55. The number of ether oxygens (including phenoxy) is 1. The van der Waals surface area contributed by atoms with Crippen molar-refractivity contribution in [2.45, 2.75) is 20.0 Å². The maximum atomic E-state index is 9.50. The Morgan fingerprint density at radius 2 is 2.06 bits per heavy atom. The molecule has 0 saturated heterocycles. The second kappa shape index (κ2) is 5.38. The third-order valence-corrected chi connectivity index (χ3v) is 2.84. The summed E-state index contributed by atoms with van der Waals surface area (Å²) in [6, 6.07) is 8.98. The van der Waals surface area contributed by atoms with Crippen LogP contribution in [0.25, 0.3) is 0 Å². The summed E-state index contributed by atoms with van der Waals surface area (Å²) in [4.78, 5) is 4.09. The van der Waals surface area contributed by atoms with E-state index < -0.39 is 6.10 Å². The van der Waals surface area contributed by atoms with Gasteiger partial charge in [-0.05, 0) is 43.2 Å². The van der Waals surface area contributed by atoms with E-state index in [0.29, 0.717) is 16.7 Å². The molecule has 0 fully saturated rings. The molecule has 2 aromatic rings. The Labute approximate surface area is 111 Å². The third-order valence-electron chi connectivity index (χ3n) is 2.54. The molecule has 1 aromatic carbocycles.